The molecule has 0 bridgehead atoms. The Balaban J connectivity index is 2.20. The van der Waals surface area contributed by atoms with Crippen molar-refractivity contribution in [3.8, 4) is 0 Å². The van der Waals surface area contributed by atoms with Gasteiger partial charge in [-0.05, 0) is 30.5 Å². The Hall–Kier alpha value is -1.23. The molecular weight excluding hydrogens is 298 g/mol. The second-order valence-corrected chi connectivity index (χ2v) is 5.19. The summed E-state index contributed by atoms with van der Waals surface area (Å²) in [4.78, 5) is 22.5. The number of carbonyl (C=O) groups is 1. The molecule has 0 aliphatic heterocycles. The van der Waals surface area contributed by atoms with E-state index in [0.29, 0.717) is 13.0 Å². The number of nitroso groups, excluding NO2 is 1. The van der Waals surface area contributed by atoms with Crippen molar-refractivity contribution >= 4 is 21.9 Å². The third-order valence-corrected chi connectivity index (χ3v) is 3.98. The first-order chi connectivity index (χ1) is 8.67. The Labute approximate surface area is 114 Å². The summed E-state index contributed by atoms with van der Waals surface area (Å²) in [6.45, 7) is 2.13. The van der Waals surface area contributed by atoms with Crippen molar-refractivity contribution in [2.24, 2.45) is 11.1 Å². The van der Waals surface area contributed by atoms with Crippen LogP contribution in [0.2, 0.25) is 0 Å². The summed E-state index contributed by atoms with van der Waals surface area (Å²) in [7, 11) is 0. The first-order valence-corrected chi connectivity index (χ1v) is 6.72. The normalized spacial score (nSPS) is 21.4. The molecule has 96 valence electrons. The maximum Gasteiger partial charge on any atom is 0.306 e. The van der Waals surface area contributed by atoms with Gasteiger partial charge in [-0.15, -0.1) is 0 Å². The van der Waals surface area contributed by atoms with E-state index in [0.717, 1.165) is 15.6 Å². The number of benzene rings is 1. The van der Waals surface area contributed by atoms with E-state index in [1.807, 2.05) is 18.2 Å². The van der Waals surface area contributed by atoms with Gasteiger partial charge in [0, 0.05) is 10.4 Å². The summed E-state index contributed by atoms with van der Waals surface area (Å²) >= 11 is 3.47. The summed E-state index contributed by atoms with van der Waals surface area (Å²) < 4.78 is 5.90. The number of hydrogen-bond donors (Lipinski definition) is 0. The molecule has 1 aliphatic rings. The summed E-state index contributed by atoms with van der Waals surface area (Å²) in [5, 5.41) is 3.19. The molecule has 5 heteroatoms. The van der Waals surface area contributed by atoms with Gasteiger partial charge in [0.1, 0.15) is 6.04 Å². The fourth-order valence-electron chi connectivity index (χ4n) is 2.46. The van der Waals surface area contributed by atoms with Crippen LogP contribution >= 0.6 is 15.9 Å². The van der Waals surface area contributed by atoms with Gasteiger partial charge in [0.05, 0.1) is 13.0 Å². The van der Waals surface area contributed by atoms with Crippen LogP contribution in [0.3, 0.4) is 0 Å². The fraction of sp³-hybridized carbons (Fsp3) is 0.462. The Kier molecular flexibility index (Phi) is 4.11. The summed E-state index contributed by atoms with van der Waals surface area (Å²) in [6.07, 6.45) is 0.928. The molecule has 2 rings (SSSR count). The smallest absolute Gasteiger partial charge is 0.306 e. The molecule has 0 N–H and O–H groups in total. The first kappa shape index (κ1) is 13.2. The summed E-state index contributed by atoms with van der Waals surface area (Å²) in [5.74, 6) is -0.352. The van der Waals surface area contributed by atoms with Gasteiger partial charge < -0.3 is 4.74 Å². The molecule has 0 spiro atoms. The summed E-state index contributed by atoms with van der Waals surface area (Å²) in [6, 6.07) is 5.28. The van der Waals surface area contributed by atoms with Crippen LogP contribution in [0.25, 0.3) is 0 Å². The van der Waals surface area contributed by atoms with Gasteiger partial charge in [-0.2, -0.15) is 4.91 Å². The molecule has 0 fully saturated rings. The van der Waals surface area contributed by atoms with Crippen molar-refractivity contribution < 1.29 is 9.53 Å². The maximum absolute atomic E-state index is 11.5. The highest BCUT2D eigenvalue weighted by Crippen LogP contribution is 2.43. The van der Waals surface area contributed by atoms with Crippen LogP contribution in [0, 0.1) is 10.8 Å². The molecule has 2 unspecified atom stereocenters. The van der Waals surface area contributed by atoms with Gasteiger partial charge in [0.2, 0.25) is 0 Å². The van der Waals surface area contributed by atoms with Gasteiger partial charge >= 0.3 is 5.97 Å². The standard InChI is InChI=1S/C13H14BrNO3/c1-2-18-12(16)7-8-6-10-9(13(8)15-17)4-3-5-11(10)14/h3-5,8,13H,2,6-7H2,1H3. The number of nitrogens with zero attached hydrogens (tertiary/aromatic N) is 1. The molecule has 18 heavy (non-hydrogen) atoms. The van der Waals surface area contributed by atoms with Crippen molar-refractivity contribution in [1.29, 1.82) is 0 Å². The molecule has 0 saturated heterocycles. The topological polar surface area (TPSA) is 55.7 Å². The molecule has 0 radical (unpaired) electrons. The minimum atomic E-state index is -0.443. The van der Waals surface area contributed by atoms with E-state index in [-0.39, 0.29) is 18.3 Å². The van der Waals surface area contributed by atoms with Crippen molar-refractivity contribution in [1.82, 2.24) is 0 Å². The number of hydrogen-bond acceptors (Lipinski definition) is 4. The van der Waals surface area contributed by atoms with Crippen LogP contribution in [0.1, 0.15) is 30.5 Å². The van der Waals surface area contributed by atoms with Gasteiger partial charge in [0.25, 0.3) is 0 Å². The molecule has 1 aromatic rings. The van der Waals surface area contributed by atoms with Crippen molar-refractivity contribution in [3.05, 3.63) is 38.7 Å². The number of esters is 1. The van der Waals surface area contributed by atoms with E-state index in [4.69, 9.17) is 4.74 Å². The van der Waals surface area contributed by atoms with Gasteiger partial charge in [0.15, 0.2) is 0 Å². The number of rotatable bonds is 4. The lowest BCUT2D eigenvalue weighted by atomic mass is 9.98. The zero-order valence-corrected chi connectivity index (χ0v) is 11.6. The first-order valence-electron chi connectivity index (χ1n) is 5.92. The highest BCUT2D eigenvalue weighted by molar-refractivity contribution is 9.10. The van der Waals surface area contributed by atoms with E-state index in [9.17, 15) is 9.70 Å². The monoisotopic (exact) mass is 311 g/mol. The minimum Gasteiger partial charge on any atom is -0.466 e. The molecule has 4 nitrogen and oxygen atoms in total. The van der Waals surface area contributed by atoms with Crippen LogP contribution in [0.4, 0.5) is 0 Å². The Bertz CT molecular complexity index is 475. The van der Waals surface area contributed by atoms with E-state index in [1.54, 1.807) is 6.92 Å². The van der Waals surface area contributed by atoms with Crippen LogP contribution in [0.5, 0.6) is 0 Å². The van der Waals surface area contributed by atoms with Crippen molar-refractivity contribution in [2.75, 3.05) is 6.61 Å². The lowest BCUT2D eigenvalue weighted by Crippen LogP contribution is -2.14. The highest BCUT2D eigenvalue weighted by Gasteiger charge is 2.36. The number of ether oxygens (including phenoxy) is 1. The lowest BCUT2D eigenvalue weighted by molar-refractivity contribution is -0.144. The predicted molar refractivity (Wildman–Crippen MR) is 71.1 cm³/mol. The molecular formula is C13H14BrNO3. The van der Waals surface area contributed by atoms with Crippen LogP contribution < -0.4 is 0 Å². The quantitative estimate of drug-likeness (QED) is 0.632. The number of halogens is 1. The molecule has 0 heterocycles. The SMILES string of the molecule is CCOC(=O)CC1Cc2c(Br)cccc2C1N=O. The van der Waals surface area contributed by atoms with Crippen molar-refractivity contribution in [2.45, 2.75) is 25.8 Å². The van der Waals surface area contributed by atoms with Crippen molar-refractivity contribution in [3.63, 3.8) is 0 Å². The van der Waals surface area contributed by atoms with Gasteiger partial charge in [-0.25, -0.2) is 0 Å². The predicted octanol–water partition coefficient (Wildman–Crippen LogP) is 3.38. The molecule has 0 amide bonds. The maximum atomic E-state index is 11.5. The lowest BCUT2D eigenvalue weighted by Gasteiger charge is -2.12. The van der Waals surface area contributed by atoms with E-state index >= 15 is 0 Å². The van der Waals surface area contributed by atoms with Crippen LogP contribution in [-0.4, -0.2) is 12.6 Å². The second kappa shape index (κ2) is 5.61. The summed E-state index contributed by atoms with van der Waals surface area (Å²) in [5.41, 5.74) is 2.00. The average Bonchev–Trinajstić information content (AvgIpc) is 2.68. The minimum absolute atomic E-state index is 0.0877. The molecule has 0 aromatic heterocycles. The molecule has 0 saturated carbocycles. The highest BCUT2D eigenvalue weighted by atomic mass is 79.9. The van der Waals surface area contributed by atoms with Gasteiger partial charge in [-0.1, -0.05) is 33.2 Å². The Morgan fingerprint density at radius 3 is 3.00 bits per heavy atom. The van der Waals surface area contributed by atoms with Crippen LogP contribution in [0.15, 0.2) is 27.8 Å². The zero-order valence-electron chi connectivity index (χ0n) is 10.1. The average molecular weight is 312 g/mol. The fourth-order valence-corrected chi connectivity index (χ4v) is 3.00. The Morgan fingerprint density at radius 2 is 2.33 bits per heavy atom. The van der Waals surface area contributed by atoms with E-state index < -0.39 is 6.04 Å². The zero-order chi connectivity index (χ0) is 13.1. The van der Waals surface area contributed by atoms with E-state index in [2.05, 4.69) is 21.1 Å². The molecule has 1 aliphatic carbocycles. The number of carbonyl (C=O) groups excluding carboxylic acids is 1. The van der Waals surface area contributed by atoms with E-state index in [1.165, 1.54) is 0 Å². The molecule has 1 aromatic carbocycles. The Morgan fingerprint density at radius 1 is 1.56 bits per heavy atom. The van der Waals surface area contributed by atoms with Gasteiger partial charge in [-0.3, -0.25) is 4.79 Å². The third kappa shape index (κ3) is 2.46. The molecule has 2 atom stereocenters. The third-order valence-electron chi connectivity index (χ3n) is 3.23. The largest absolute Gasteiger partial charge is 0.466 e. The van der Waals surface area contributed by atoms with Crippen LogP contribution in [-0.2, 0) is 16.0 Å². The second-order valence-electron chi connectivity index (χ2n) is 4.33. The number of fused-ring (bicyclic) bond motifs is 1.